The zero-order valence-electron chi connectivity index (χ0n) is 8.52. The number of imidazole rings is 1. The van der Waals surface area contributed by atoms with Gasteiger partial charge in [-0.15, -0.1) is 0 Å². The Morgan fingerprint density at radius 3 is 3.00 bits per heavy atom. The van der Waals surface area contributed by atoms with Crippen molar-refractivity contribution in [2.45, 2.75) is 38.5 Å². The number of nitrogens with two attached hydrogens (primary N) is 1. The zero-order valence-corrected chi connectivity index (χ0v) is 8.52. The lowest BCUT2D eigenvalue weighted by Crippen LogP contribution is -2.42. The Morgan fingerprint density at radius 2 is 2.43 bits per heavy atom. The van der Waals surface area contributed by atoms with E-state index >= 15 is 0 Å². The molecule has 0 saturated heterocycles. The van der Waals surface area contributed by atoms with Crippen LogP contribution in [-0.2, 0) is 11.3 Å². The number of hydrogen-bond donors (Lipinski definition) is 1. The number of hydrogen-bond acceptors (Lipinski definition) is 3. The van der Waals surface area contributed by atoms with Crippen LogP contribution in [0, 0.1) is 6.92 Å². The lowest BCUT2D eigenvalue weighted by molar-refractivity contribution is -0.0118. The maximum Gasteiger partial charge on any atom is 0.105 e. The summed E-state index contributed by atoms with van der Waals surface area (Å²) >= 11 is 0. The van der Waals surface area contributed by atoms with Crippen LogP contribution in [0.2, 0.25) is 0 Å². The van der Waals surface area contributed by atoms with Crippen LogP contribution in [0.25, 0.3) is 0 Å². The van der Waals surface area contributed by atoms with Gasteiger partial charge in [0.05, 0.1) is 12.7 Å². The molecule has 1 aromatic rings. The average Bonchev–Trinajstić information content (AvgIpc) is 2.49. The minimum atomic E-state index is 0.370. The largest absolute Gasteiger partial charge is 0.376 e. The molecule has 0 unspecified atom stereocenters. The van der Waals surface area contributed by atoms with Crippen LogP contribution in [0.1, 0.15) is 18.7 Å². The van der Waals surface area contributed by atoms with Crippen molar-refractivity contribution in [1.82, 2.24) is 9.55 Å². The molecule has 1 aliphatic carbocycles. The fraction of sp³-hybridized carbons (Fsp3) is 0.700. The van der Waals surface area contributed by atoms with Crippen molar-refractivity contribution in [3.63, 3.8) is 0 Å². The van der Waals surface area contributed by atoms with Gasteiger partial charge in [0.2, 0.25) is 0 Å². The highest BCUT2D eigenvalue weighted by atomic mass is 16.5. The van der Waals surface area contributed by atoms with E-state index in [0.29, 0.717) is 12.1 Å². The molecule has 0 spiro atoms. The first-order valence-electron chi connectivity index (χ1n) is 5.10. The lowest BCUT2D eigenvalue weighted by Gasteiger charge is -2.32. The first-order valence-corrected chi connectivity index (χ1v) is 5.10. The average molecular weight is 195 g/mol. The number of ether oxygens (including phenoxy) is 1. The van der Waals surface area contributed by atoms with Crippen molar-refractivity contribution in [1.29, 1.82) is 0 Å². The van der Waals surface area contributed by atoms with Crippen molar-refractivity contribution in [2.24, 2.45) is 5.73 Å². The first-order chi connectivity index (χ1) is 6.75. The molecule has 1 saturated carbocycles. The van der Waals surface area contributed by atoms with E-state index in [-0.39, 0.29) is 0 Å². The molecule has 1 heterocycles. The van der Waals surface area contributed by atoms with E-state index in [2.05, 4.69) is 9.55 Å². The molecule has 0 aromatic carbocycles. The highest BCUT2D eigenvalue weighted by molar-refractivity contribution is 4.88. The maximum atomic E-state index is 5.66. The molecule has 0 atom stereocenters. The molecule has 2 rings (SSSR count). The maximum absolute atomic E-state index is 5.66. The van der Waals surface area contributed by atoms with E-state index in [1.807, 2.05) is 19.3 Å². The Bertz CT molecular complexity index is 291. The summed E-state index contributed by atoms with van der Waals surface area (Å²) in [6.07, 6.45) is 6.22. The fourth-order valence-corrected chi connectivity index (χ4v) is 1.70. The second-order valence-corrected chi connectivity index (χ2v) is 3.89. The van der Waals surface area contributed by atoms with Crippen molar-refractivity contribution < 1.29 is 4.74 Å². The van der Waals surface area contributed by atoms with Crippen molar-refractivity contribution in [3.05, 3.63) is 18.2 Å². The number of aryl methyl sites for hydroxylation is 1. The van der Waals surface area contributed by atoms with Gasteiger partial charge in [-0.05, 0) is 19.8 Å². The van der Waals surface area contributed by atoms with E-state index < -0.39 is 0 Å². The molecule has 4 heteroatoms. The minimum absolute atomic E-state index is 0.370. The zero-order chi connectivity index (χ0) is 9.97. The number of nitrogens with zero attached hydrogens (tertiary/aromatic N) is 2. The molecule has 0 bridgehead atoms. The minimum Gasteiger partial charge on any atom is -0.376 e. The molecule has 1 aliphatic rings. The topological polar surface area (TPSA) is 53.1 Å². The molecule has 0 aliphatic heterocycles. The predicted molar refractivity (Wildman–Crippen MR) is 53.9 cm³/mol. The number of rotatable bonds is 4. The summed E-state index contributed by atoms with van der Waals surface area (Å²) in [5.74, 6) is 1.04. The van der Waals surface area contributed by atoms with Gasteiger partial charge >= 0.3 is 0 Å². The molecule has 0 amide bonds. The summed E-state index contributed by atoms with van der Waals surface area (Å²) in [5.41, 5.74) is 5.66. The predicted octanol–water partition coefficient (Wildman–Crippen LogP) is 0.698. The Labute approximate surface area is 84.1 Å². The summed E-state index contributed by atoms with van der Waals surface area (Å²) in [6.45, 7) is 3.64. The molecular weight excluding hydrogens is 178 g/mol. The van der Waals surface area contributed by atoms with E-state index in [9.17, 15) is 0 Å². The second-order valence-electron chi connectivity index (χ2n) is 3.89. The number of aromatic nitrogens is 2. The van der Waals surface area contributed by atoms with E-state index in [0.717, 1.165) is 31.8 Å². The highest BCUT2D eigenvalue weighted by Gasteiger charge is 2.26. The summed E-state index contributed by atoms with van der Waals surface area (Å²) in [6, 6.07) is 0.370. The third-order valence-electron chi connectivity index (χ3n) is 2.74. The van der Waals surface area contributed by atoms with Crippen molar-refractivity contribution in [3.8, 4) is 0 Å². The Kier molecular flexibility index (Phi) is 2.84. The molecule has 2 N–H and O–H groups in total. The van der Waals surface area contributed by atoms with Crippen LogP contribution in [-0.4, -0.2) is 28.3 Å². The second kappa shape index (κ2) is 4.11. The Hall–Kier alpha value is -0.870. The Morgan fingerprint density at radius 1 is 1.64 bits per heavy atom. The standard InChI is InChI=1S/C10H17N3O/c1-8-12-2-3-13(8)4-5-14-10-6-9(11)7-10/h2-3,9-10H,4-7,11H2,1H3. The van der Waals surface area contributed by atoms with Gasteiger partial charge in [0.15, 0.2) is 0 Å². The van der Waals surface area contributed by atoms with Crippen LogP contribution in [0.15, 0.2) is 12.4 Å². The summed E-state index contributed by atoms with van der Waals surface area (Å²) < 4.78 is 7.74. The summed E-state index contributed by atoms with van der Waals surface area (Å²) in [5, 5.41) is 0. The molecule has 4 nitrogen and oxygen atoms in total. The molecule has 1 aromatic heterocycles. The van der Waals surface area contributed by atoms with Crippen LogP contribution in [0.3, 0.4) is 0 Å². The van der Waals surface area contributed by atoms with Gasteiger partial charge in [-0.1, -0.05) is 0 Å². The first kappa shape index (κ1) is 9.68. The lowest BCUT2D eigenvalue weighted by atomic mass is 9.90. The molecule has 1 fully saturated rings. The van der Waals surface area contributed by atoms with E-state index in [1.54, 1.807) is 0 Å². The smallest absolute Gasteiger partial charge is 0.105 e. The van der Waals surface area contributed by atoms with Crippen LogP contribution in [0.4, 0.5) is 0 Å². The van der Waals surface area contributed by atoms with Gasteiger partial charge in [-0.2, -0.15) is 0 Å². The van der Waals surface area contributed by atoms with Crippen LogP contribution < -0.4 is 5.73 Å². The SMILES string of the molecule is Cc1nccn1CCOC1CC(N)C1. The quantitative estimate of drug-likeness (QED) is 0.769. The molecule has 0 radical (unpaired) electrons. The van der Waals surface area contributed by atoms with E-state index in [1.165, 1.54) is 0 Å². The molecular formula is C10H17N3O. The van der Waals surface area contributed by atoms with Crippen molar-refractivity contribution >= 4 is 0 Å². The highest BCUT2D eigenvalue weighted by Crippen LogP contribution is 2.20. The van der Waals surface area contributed by atoms with Crippen LogP contribution in [0.5, 0.6) is 0 Å². The van der Waals surface area contributed by atoms with Crippen molar-refractivity contribution in [2.75, 3.05) is 6.61 Å². The monoisotopic (exact) mass is 195 g/mol. The molecule has 78 valence electrons. The van der Waals surface area contributed by atoms with Gasteiger partial charge in [0.25, 0.3) is 0 Å². The Balaban J connectivity index is 1.66. The van der Waals surface area contributed by atoms with Gasteiger partial charge in [-0.3, -0.25) is 0 Å². The van der Waals surface area contributed by atoms with Gasteiger partial charge in [0, 0.05) is 25.0 Å². The summed E-state index contributed by atoms with van der Waals surface area (Å²) in [7, 11) is 0. The van der Waals surface area contributed by atoms with Gasteiger partial charge < -0.3 is 15.0 Å². The third-order valence-corrected chi connectivity index (χ3v) is 2.74. The van der Waals surface area contributed by atoms with Gasteiger partial charge in [-0.25, -0.2) is 4.98 Å². The molecule has 14 heavy (non-hydrogen) atoms. The van der Waals surface area contributed by atoms with Gasteiger partial charge in [0.1, 0.15) is 5.82 Å². The van der Waals surface area contributed by atoms with E-state index in [4.69, 9.17) is 10.5 Å². The summed E-state index contributed by atoms with van der Waals surface area (Å²) in [4.78, 5) is 4.15. The fourth-order valence-electron chi connectivity index (χ4n) is 1.70. The van der Waals surface area contributed by atoms with Crippen LogP contribution >= 0.6 is 0 Å². The third kappa shape index (κ3) is 2.13. The normalized spacial score (nSPS) is 26.1.